The molecule has 0 radical (unpaired) electrons. The Bertz CT molecular complexity index is 104. The maximum absolute atomic E-state index is 8.55. The number of nitrogens with one attached hydrogen (secondary N) is 1. The average Bonchev–Trinajstić information content (AvgIpc) is 2.15. The number of hydrogen-bond acceptors (Lipinski definition) is 2. The van der Waals surface area contributed by atoms with Gasteiger partial charge in [-0.25, -0.2) is 0 Å². The summed E-state index contributed by atoms with van der Waals surface area (Å²) in [4.78, 5) is 0. The molecular formula is C12H27NO. The van der Waals surface area contributed by atoms with Crippen molar-refractivity contribution < 1.29 is 5.11 Å². The third kappa shape index (κ3) is 11.9. The van der Waals surface area contributed by atoms with Crippen LogP contribution in [0.1, 0.15) is 52.4 Å². The van der Waals surface area contributed by atoms with Crippen molar-refractivity contribution in [2.45, 2.75) is 52.4 Å². The van der Waals surface area contributed by atoms with Crippen LogP contribution in [-0.2, 0) is 0 Å². The molecule has 0 rings (SSSR count). The molecule has 0 fully saturated rings. The molecule has 2 nitrogen and oxygen atoms in total. The Morgan fingerprint density at radius 3 is 2.21 bits per heavy atom. The van der Waals surface area contributed by atoms with Gasteiger partial charge in [0.1, 0.15) is 0 Å². The first-order valence-electron chi connectivity index (χ1n) is 6.09. The van der Waals surface area contributed by atoms with Gasteiger partial charge in [0.05, 0.1) is 0 Å². The molecule has 0 bridgehead atoms. The van der Waals surface area contributed by atoms with Crippen LogP contribution in [0.4, 0.5) is 0 Å². The lowest BCUT2D eigenvalue weighted by Gasteiger charge is -2.05. The van der Waals surface area contributed by atoms with Crippen molar-refractivity contribution in [3.63, 3.8) is 0 Å². The number of hydrogen-bond donors (Lipinski definition) is 2. The van der Waals surface area contributed by atoms with Gasteiger partial charge in [-0.2, -0.15) is 0 Å². The smallest absolute Gasteiger partial charge is 0.0443 e. The van der Waals surface area contributed by atoms with Gasteiger partial charge in [-0.1, -0.05) is 39.5 Å². The number of rotatable bonds is 10. The van der Waals surface area contributed by atoms with Crippen molar-refractivity contribution in [1.29, 1.82) is 0 Å². The maximum Gasteiger partial charge on any atom is 0.0443 e. The van der Waals surface area contributed by atoms with E-state index in [1.165, 1.54) is 32.1 Å². The van der Waals surface area contributed by atoms with Crippen molar-refractivity contribution in [3.8, 4) is 0 Å². The molecule has 0 spiro atoms. The lowest BCUT2D eigenvalue weighted by molar-refractivity contribution is 0.286. The van der Waals surface area contributed by atoms with Gasteiger partial charge < -0.3 is 10.4 Å². The van der Waals surface area contributed by atoms with Crippen molar-refractivity contribution >= 4 is 0 Å². The molecule has 2 heteroatoms. The lowest BCUT2D eigenvalue weighted by atomic mass is 10.0. The first kappa shape index (κ1) is 13.9. The molecule has 0 amide bonds. The highest BCUT2D eigenvalue weighted by atomic mass is 16.3. The van der Waals surface area contributed by atoms with E-state index in [9.17, 15) is 0 Å². The van der Waals surface area contributed by atoms with Crippen LogP contribution in [0, 0.1) is 5.92 Å². The van der Waals surface area contributed by atoms with E-state index in [0.29, 0.717) is 6.61 Å². The molecule has 0 aliphatic heterocycles. The Morgan fingerprint density at radius 1 is 0.929 bits per heavy atom. The van der Waals surface area contributed by atoms with Gasteiger partial charge in [0.2, 0.25) is 0 Å². The fraction of sp³-hybridized carbons (Fsp3) is 1.00. The maximum atomic E-state index is 8.55. The minimum absolute atomic E-state index is 0.307. The highest BCUT2D eigenvalue weighted by Crippen LogP contribution is 2.08. The first-order chi connectivity index (χ1) is 6.77. The highest BCUT2D eigenvalue weighted by Gasteiger charge is 1.94. The topological polar surface area (TPSA) is 32.3 Å². The predicted octanol–water partition coefficient (Wildman–Crippen LogP) is 2.56. The second-order valence-corrected chi connectivity index (χ2v) is 4.42. The van der Waals surface area contributed by atoms with E-state index in [4.69, 9.17) is 5.11 Å². The third-order valence-electron chi connectivity index (χ3n) is 2.40. The Morgan fingerprint density at radius 2 is 1.57 bits per heavy atom. The van der Waals surface area contributed by atoms with Crippen LogP contribution in [0.5, 0.6) is 0 Å². The summed E-state index contributed by atoms with van der Waals surface area (Å²) in [7, 11) is 0. The van der Waals surface area contributed by atoms with Gasteiger partial charge in [0, 0.05) is 6.61 Å². The van der Waals surface area contributed by atoms with E-state index in [-0.39, 0.29) is 0 Å². The molecule has 86 valence electrons. The monoisotopic (exact) mass is 201 g/mol. The van der Waals surface area contributed by atoms with E-state index in [1.54, 1.807) is 0 Å². The summed E-state index contributed by atoms with van der Waals surface area (Å²) in [5.41, 5.74) is 0. The van der Waals surface area contributed by atoms with E-state index >= 15 is 0 Å². The van der Waals surface area contributed by atoms with Crippen LogP contribution in [0.3, 0.4) is 0 Å². The summed E-state index contributed by atoms with van der Waals surface area (Å²) < 4.78 is 0. The molecule has 0 aromatic heterocycles. The number of aliphatic hydroxyl groups is 1. The minimum Gasteiger partial charge on any atom is -0.396 e. The molecule has 0 atom stereocenters. The highest BCUT2D eigenvalue weighted by molar-refractivity contribution is 4.51. The summed E-state index contributed by atoms with van der Waals surface area (Å²) in [5.74, 6) is 0.859. The molecule has 0 aliphatic rings. The van der Waals surface area contributed by atoms with E-state index in [1.807, 2.05) is 0 Å². The summed E-state index contributed by atoms with van der Waals surface area (Å²) in [6, 6.07) is 0. The molecule has 0 saturated carbocycles. The van der Waals surface area contributed by atoms with Crippen molar-refractivity contribution in [2.75, 3.05) is 19.7 Å². The van der Waals surface area contributed by atoms with Gasteiger partial charge in [0.25, 0.3) is 0 Å². The zero-order valence-corrected chi connectivity index (χ0v) is 9.89. The second kappa shape index (κ2) is 11.0. The van der Waals surface area contributed by atoms with Crippen molar-refractivity contribution in [2.24, 2.45) is 5.92 Å². The van der Waals surface area contributed by atoms with Gasteiger partial charge in [-0.15, -0.1) is 0 Å². The second-order valence-electron chi connectivity index (χ2n) is 4.42. The standard InChI is InChI=1S/C12H27NO/c1-12(2)8-5-3-4-6-9-13-10-7-11-14/h12-14H,3-11H2,1-2H3. The zero-order valence-electron chi connectivity index (χ0n) is 9.89. The molecule has 0 heterocycles. The van der Waals surface area contributed by atoms with Crippen LogP contribution in [0.25, 0.3) is 0 Å². The Labute approximate surface area is 89.1 Å². The largest absolute Gasteiger partial charge is 0.396 e. The van der Waals surface area contributed by atoms with Crippen LogP contribution >= 0.6 is 0 Å². The summed E-state index contributed by atoms with van der Waals surface area (Å²) in [6.07, 6.45) is 7.64. The first-order valence-corrected chi connectivity index (χ1v) is 6.09. The van der Waals surface area contributed by atoms with E-state index in [2.05, 4.69) is 19.2 Å². The molecule has 0 unspecified atom stereocenters. The van der Waals surface area contributed by atoms with Gasteiger partial charge in [-0.3, -0.25) is 0 Å². The number of aliphatic hydroxyl groups excluding tert-OH is 1. The Kier molecular flexibility index (Phi) is 10.9. The van der Waals surface area contributed by atoms with Crippen LogP contribution < -0.4 is 5.32 Å². The molecule has 14 heavy (non-hydrogen) atoms. The number of unbranched alkanes of at least 4 members (excludes halogenated alkanes) is 3. The van der Waals surface area contributed by atoms with Crippen molar-refractivity contribution in [1.82, 2.24) is 5.32 Å². The van der Waals surface area contributed by atoms with Gasteiger partial charge in [-0.05, 0) is 31.8 Å². The molecule has 0 aromatic rings. The summed E-state index contributed by atoms with van der Waals surface area (Å²) in [6.45, 7) is 6.96. The zero-order chi connectivity index (χ0) is 10.6. The van der Waals surface area contributed by atoms with Gasteiger partial charge >= 0.3 is 0 Å². The SMILES string of the molecule is CC(C)CCCCCCNCCCO. The molecule has 0 aliphatic carbocycles. The molecule has 0 saturated heterocycles. The fourth-order valence-electron chi connectivity index (χ4n) is 1.49. The minimum atomic E-state index is 0.307. The summed E-state index contributed by atoms with van der Waals surface area (Å²) in [5, 5.41) is 11.9. The third-order valence-corrected chi connectivity index (χ3v) is 2.40. The van der Waals surface area contributed by atoms with Crippen LogP contribution in [-0.4, -0.2) is 24.8 Å². The average molecular weight is 201 g/mol. The van der Waals surface area contributed by atoms with Crippen LogP contribution in [0.15, 0.2) is 0 Å². The van der Waals surface area contributed by atoms with Crippen LogP contribution in [0.2, 0.25) is 0 Å². The fourth-order valence-corrected chi connectivity index (χ4v) is 1.49. The molecule has 0 aromatic carbocycles. The van der Waals surface area contributed by atoms with E-state index in [0.717, 1.165) is 25.4 Å². The normalized spacial score (nSPS) is 11.1. The molecular weight excluding hydrogens is 174 g/mol. The Hall–Kier alpha value is -0.0800. The predicted molar refractivity (Wildman–Crippen MR) is 62.5 cm³/mol. The Balaban J connectivity index is 2.85. The summed E-state index contributed by atoms with van der Waals surface area (Å²) >= 11 is 0. The van der Waals surface area contributed by atoms with Crippen molar-refractivity contribution in [3.05, 3.63) is 0 Å². The molecule has 2 N–H and O–H groups in total. The van der Waals surface area contributed by atoms with Gasteiger partial charge in [0.15, 0.2) is 0 Å². The quantitative estimate of drug-likeness (QED) is 0.532. The van der Waals surface area contributed by atoms with E-state index < -0.39 is 0 Å². The lowest BCUT2D eigenvalue weighted by Crippen LogP contribution is -2.17.